The fraction of sp³-hybridized carbons (Fsp3) is 0.714. The number of nitrogens with two attached hydrogens (primary N) is 1. The molecule has 2 amide bonds. The maximum Gasteiger partial charge on any atom is 0.320 e. The van der Waals surface area contributed by atoms with Gasteiger partial charge in [-0.3, -0.25) is 4.90 Å². The number of nitrogens with one attached hydrogen (secondary N) is 1. The van der Waals surface area contributed by atoms with Crippen molar-refractivity contribution in [1.82, 2.24) is 14.9 Å². The van der Waals surface area contributed by atoms with Crippen molar-refractivity contribution < 1.29 is 4.79 Å². The van der Waals surface area contributed by atoms with Gasteiger partial charge in [0.15, 0.2) is 5.82 Å². The minimum absolute atomic E-state index is 0.480. The molecule has 1 aromatic heterocycles. The van der Waals surface area contributed by atoms with Gasteiger partial charge in [0, 0.05) is 26.2 Å². The SMILES string of the molecule is CCCn1cc(N(C)C(N)=O)nc1CCCCCNC. The van der Waals surface area contributed by atoms with Gasteiger partial charge in [-0.25, -0.2) is 9.78 Å². The van der Waals surface area contributed by atoms with Crippen LogP contribution in [0.4, 0.5) is 10.6 Å². The predicted octanol–water partition coefficient (Wildman–Crippen LogP) is 1.74. The number of imidazole rings is 1. The summed E-state index contributed by atoms with van der Waals surface area (Å²) in [6, 6.07) is -0.480. The summed E-state index contributed by atoms with van der Waals surface area (Å²) in [4.78, 5) is 17.1. The molecule has 1 aromatic rings. The molecule has 6 heteroatoms. The van der Waals surface area contributed by atoms with Crippen LogP contribution in [0.2, 0.25) is 0 Å². The van der Waals surface area contributed by atoms with Crippen LogP contribution in [0.25, 0.3) is 0 Å². The average molecular weight is 281 g/mol. The third-order valence-electron chi connectivity index (χ3n) is 3.31. The molecule has 3 N–H and O–H groups in total. The van der Waals surface area contributed by atoms with Crippen LogP contribution in [-0.4, -0.2) is 36.2 Å². The molecule has 0 aliphatic rings. The van der Waals surface area contributed by atoms with Gasteiger partial charge < -0.3 is 15.6 Å². The number of hydrogen-bond donors (Lipinski definition) is 2. The third kappa shape index (κ3) is 4.85. The Morgan fingerprint density at radius 2 is 2.20 bits per heavy atom. The Labute approximate surface area is 121 Å². The number of urea groups is 1. The summed E-state index contributed by atoms with van der Waals surface area (Å²) in [5, 5.41) is 3.15. The standard InChI is InChI=1S/C14H27N5O/c1-4-10-19-11-13(18(3)14(15)20)17-12(19)8-6-5-7-9-16-2/h11,16H,4-10H2,1-3H3,(H2,15,20). The zero-order valence-corrected chi connectivity index (χ0v) is 12.9. The number of unbranched alkanes of at least 4 members (excludes halogenated alkanes) is 2. The molecule has 0 bridgehead atoms. The fourth-order valence-electron chi connectivity index (χ4n) is 2.11. The van der Waals surface area contributed by atoms with Crippen LogP contribution in [-0.2, 0) is 13.0 Å². The van der Waals surface area contributed by atoms with E-state index in [0.717, 1.165) is 38.2 Å². The molecular weight excluding hydrogens is 254 g/mol. The van der Waals surface area contributed by atoms with E-state index < -0.39 is 6.03 Å². The first-order chi connectivity index (χ1) is 9.60. The Kier molecular flexibility index (Phi) is 7.08. The Hall–Kier alpha value is -1.56. The average Bonchev–Trinajstić information content (AvgIpc) is 2.81. The van der Waals surface area contributed by atoms with Crippen molar-refractivity contribution in [2.45, 2.75) is 45.6 Å². The first-order valence-electron chi connectivity index (χ1n) is 7.34. The normalized spacial score (nSPS) is 10.8. The van der Waals surface area contributed by atoms with Crippen LogP contribution in [0, 0.1) is 0 Å². The van der Waals surface area contributed by atoms with Crippen molar-refractivity contribution in [3.63, 3.8) is 0 Å². The molecule has 114 valence electrons. The molecule has 6 nitrogen and oxygen atoms in total. The van der Waals surface area contributed by atoms with Crippen molar-refractivity contribution in [3.8, 4) is 0 Å². The van der Waals surface area contributed by atoms with Crippen LogP contribution in [0.3, 0.4) is 0 Å². The fourth-order valence-corrected chi connectivity index (χ4v) is 2.11. The van der Waals surface area contributed by atoms with Gasteiger partial charge in [0.1, 0.15) is 5.82 Å². The maximum absolute atomic E-state index is 11.2. The predicted molar refractivity (Wildman–Crippen MR) is 82.0 cm³/mol. The summed E-state index contributed by atoms with van der Waals surface area (Å²) < 4.78 is 2.13. The van der Waals surface area contributed by atoms with Crippen molar-refractivity contribution in [1.29, 1.82) is 0 Å². The van der Waals surface area contributed by atoms with E-state index in [1.165, 1.54) is 17.7 Å². The molecule has 0 aromatic carbocycles. The zero-order chi connectivity index (χ0) is 15.0. The maximum atomic E-state index is 11.2. The molecule has 1 heterocycles. The number of carbonyl (C=O) groups is 1. The summed E-state index contributed by atoms with van der Waals surface area (Å²) in [5.74, 6) is 1.68. The second-order valence-corrected chi connectivity index (χ2v) is 5.02. The minimum Gasteiger partial charge on any atom is -0.351 e. The number of amides is 2. The highest BCUT2D eigenvalue weighted by Gasteiger charge is 2.13. The molecule has 0 aliphatic heterocycles. The van der Waals surface area contributed by atoms with Crippen molar-refractivity contribution >= 4 is 11.8 Å². The van der Waals surface area contributed by atoms with Gasteiger partial charge in [0.25, 0.3) is 0 Å². The lowest BCUT2D eigenvalue weighted by molar-refractivity contribution is 0.255. The Balaban J connectivity index is 2.65. The van der Waals surface area contributed by atoms with Gasteiger partial charge >= 0.3 is 6.03 Å². The first-order valence-corrected chi connectivity index (χ1v) is 7.34. The summed E-state index contributed by atoms with van der Waals surface area (Å²) in [5.41, 5.74) is 5.29. The first kappa shape index (κ1) is 16.5. The number of nitrogens with zero attached hydrogens (tertiary/aromatic N) is 3. The molecule has 0 unspecified atom stereocenters. The minimum atomic E-state index is -0.480. The Morgan fingerprint density at radius 1 is 1.45 bits per heavy atom. The number of anilines is 1. The third-order valence-corrected chi connectivity index (χ3v) is 3.31. The molecule has 0 aliphatic carbocycles. The van der Waals surface area contributed by atoms with Crippen molar-refractivity contribution in [3.05, 3.63) is 12.0 Å². The number of rotatable bonds is 9. The summed E-state index contributed by atoms with van der Waals surface area (Å²) in [6.45, 7) is 4.11. The molecule has 0 radical (unpaired) electrons. The molecule has 1 rings (SSSR count). The van der Waals surface area contributed by atoms with E-state index in [2.05, 4.69) is 21.8 Å². The van der Waals surface area contributed by atoms with Crippen LogP contribution >= 0.6 is 0 Å². The van der Waals surface area contributed by atoms with Crippen molar-refractivity contribution in [2.75, 3.05) is 25.5 Å². The number of hydrogen-bond acceptors (Lipinski definition) is 3. The van der Waals surface area contributed by atoms with Crippen molar-refractivity contribution in [2.24, 2.45) is 5.73 Å². The van der Waals surface area contributed by atoms with Crippen LogP contribution in [0.15, 0.2) is 6.20 Å². The van der Waals surface area contributed by atoms with E-state index in [4.69, 9.17) is 5.73 Å². The van der Waals surface area contributed by atoms with E-state index in [1.807, 2.05) is 13.2 Å². The van der Waals surface area contributed by atoms with Gasteiger partial charge in [0.2, 0.25) is 0 Å². The van der Waals surface area contributed by atoms with E-state index >= 15 is 0 Å². The monoisotopic (exact) mass is 281 g/mol. The molecule has 0 saturated carbocycles. The van der Waals surface area contributed by atoms with Gasteiger partial charge in [-0.05, 0) is 32.9 Å². The largest absolute Gasteiger partial charge is 0.351 e. The molecule has 0 atom stereocenters. The highest BCUT2D eigenvalue weighted by Crippen LogP contribution is 2.15. The van der Waals surface area contributed by atoms with E-state index in [-0.39, 0.29) is 0 Å². The topological polar surface area (TPSA) is 76.2 Å². The van der Waals surface area contributed by atoms with E-state index in [1.54, 1.807) is 7.05 Å². The highest BCUT2D eigenvalue weighted by molar-refractivity contribution is 5.88. The van der Waals surface area contributed by atoms with Gasteiger partial charge in [-0.2, -0.15) is 0 Å². The van der Waals surface area contributed by atoms with Crippen LogP contribution in [0.1, 0.15) is 38.4 Å². The smallest absolute Gasteiger partial charge is 0.320 e. The number of primary amides is 1. The highest BCUT2D eigenvalue weighted by atomic mass is 16.2. The summed E-state index contributed by atoms with van der Waals surface area (Å²) >= 11 is 0. The lowest BCUT2D eigenvalue weighted by atomic mass is 10.2. The molecule has 0 saturated heterocycles. The lowest BCUT2D eigenvalue weighted by Gasteiger charge is -2.09. The number of aryl methyl sites for hydroxylation is 2. The molecule has 0 spiro atoms. The molecule has 0 fully saturated rings. The van der Waals surface area contributed by atoms with Crippen LogP contribution < -0.4 is 16.0 Å². The molecule has 20 heavy (non-hydrogen) atoms. The number of aromatic nitrogens is 2. The second kappa shape index (κ2) is 8.58. The summed E-state index contributed by atoms with van der Waals surface area (Å²) in [6.07, 6.45) is 7.37. The van der Waals surface area contributed by atoms with E-state index in [9.17, 15) is 4.79 Å². The quantitative estimate of drug-likeness (QED) is 0.677. The Bertz CT molecular complexity index is 416. The summed E-state index contributed by atoms with van der Waals surface area (Å²) in [7, 11) is 3.62. The van der Waals surface area contributed by atoms with Gasteiger partial charge in [0.05, 0.1) is 0 Å². The second-order valence-electron chi connectivity index (χ2n) is 5.02. The van der Waals surface area contributed by atoms with Gasteiger partial charge in [-0.15, -0.1) is 0 Å². The zero-order valence-electron chi connectivity index (χ0n) is 12.9. The Morgan fingerprint density at radius 3 is 2.80 bits per heavy atom. The van der Waals surface area contributed by atoms with Crippen LogP contribution in [0.5, 0.6) is 0 Å². The van der Waals surface area contributed by atoms with Gasteiger partial charge in [-0.1, -0.05) is 13.3 Å². The number of carbonyl (C=O) groups excluding carboxylic acids is 1. The lowest BCUT2D eigenvalue weighted by Crippen LogP contribution is -2.32. The van der Waals surface area contributed by atoms with E-state index in [0.29, 0.717) is 5.82 Å². The molecular formula is C14H27N5O.